The van der Waals surface area contributed by atoms with Crippen molar-refractivity contribution in [1.82, 2.24) is 25.0 Å². The van der Waals surface area contributed by atoms with Crippen molar-refractivity contribution in [2.45, 2.75) is 19.5 Å². The number of H-pyrrole nitrogens is 1. The van der Waals surface area contributed by atoms with E-state index in [1.54, 1.807) is 10.8 Å². The van der Waals surface area contributed by atoms with Crippen molar-refractivity contribution in [1.29, 1.82) is 0 Å². The molecule has 0 aliphatic rings. The van der Waals surface area contributed by atoms with Gasteiger partial charge in [-0.05, 0) is 45.4 Å². The van der Waals surface area contributed by atoms with Crippen LogP contribution in [0.15, 0.2) is 47.1 Å². The summed E-state index contributed by atoms with van der Waals surface area (Å²) >= 11 is 5.30. The number of carbonyl (C=O) groups is 1. The van der Waals surface area contributed by atoms with Crippen LogP contribution in [0, 0.1) is 11.7 Å². The van der Waals surface area contributed by atoms with E-state index in [0.29, 0.717) is 17.1 Å². The Morgan fingerprint density at radius 3 is 2.70 bits per heavy atom. The third kappa shape index (κ3) is 4.53. The number of nitrogens with zero attached hydrogens (tertiary/aromatic N) is 3. The minimum Gasteiger partial charge on any atom is -0.468 e. The summed E-state index contributed by atoms with van der Waals surface area (Å²) in [6.07, 6.45) is 1.63. The van der Waals surface area contributed by atoms with Gasteiger partial charge in [0.25, 0.3) is 0 Å². The molecule has 2 N–H and O–H groups in total. The molecule has 1 amide bonds. The summed E-state index contributed by atoms with van der Waals surface area (Å²) in [6.45, 7) is 2.55. The zero-order chi connectivity index (χ0) is 19.4. The van der Waals surface area contributed by atoms with Crippen molar-refractivity contribution in [3.63, 3.8) is 0 Å². The summed E-state index contributed by atoms with van der Waals surface area (Å²) in [5.74, 6) is 1.31. The Balaban J connectivity index is 1.70. The maximum atomic E-state index is 12.5. The van der Waals surface area contributed by atoms with Crippen LogP contribution >= 0.6 is 12.2 Å². The SMILES string of the molecule is Cc1ccc(-c2n[nH]c(=S)n2CC(=O)NCC(c2ccco2)N(C)C)cc1. The molecule has 0 spiro atoms. The highest BCUT2D eigenvalue weighted by atomic mass is 32.1. The van der Waals surface area contributed by atoms with Gasteiger partial charge in [-0.2, -0.15) is 5.10 Å². The third-order valence-corrected chi connectivity index (χ3v) is 4.67. The third-order valence-electron chi connectivity index (χ3n) is 4.36. The van der Waals surface area contributed by atoms with Gasteiger partial charge in [-0.3, -0.25) is 19.4 Å². The molecule has 3 rings (SSSR count). The molecule has 0 radical (unpaired) electrons. The van der Waals surface area contributed by atoms with Crippen molar-refractivity contribution in [2.24, 2.45) is 0 Å². The molecule has 0 saturated heterocycles. The van der Waals surface area contributed by atoms with E-state index in [1.165, 1.54) is 0 Å². The summed E-state index contributed by atoms with van der Waals surface area (Å²) in [6, 6.07) is 11.6. The second-order valence-electron chi connectivity index (χ2n) is 6.60. The lowest BCUT2D eigenvalue weighted by atomic mass is 10.1. The van der Waals surface area contributed by atoms with Gasteiger partial charge in [-0.15, -0.1) is 0 Å². The van der Waals surface area contributed by atoms with Gasteiger partial charge in [-0.25, -0.2) is 0 Å². The fourth-order valence-electron chi connectivity index (χ4n) is 2.82. The number of carbonyl (C=O) groups excluding carboxylic acids is 1. The molecule has 142 valence electrons. The lowest BCUT2D eigenvalue weighted by Crippen LogP contribution is -2.36. The first kappa shape index (κ1) is 19.1. The minimum absolute atomic E-state index is 0.0437. The number of rotatable bonds is 7. The molecule has 0 fully saturated rings. The first-order valence-electron chi connectivity index (χ1n) is 8.64. The molecule has 0 bridgehead atoms. The van der Waals surface area contributed by atoms with E-state index in [4.69, 9.17) is 16.6 Å². The summed E-state index contributed by atoms with van der Waals surface area (Å²) in [5, 5.41) is 10.0. The second kappa shape index (κ2) is 8.32. The number of nitrogens with one attached hydrogen (secondary N) is 2. The van der Waals surface area contributed by atoms with Gasteiger partial charge in [0.2, 0.25) is 5.91 Å². The van der Waals surface area contributed by atoms with E-state index in [0.717, 1.165) is 16.9 Å². The molecule has 1 unspecified atom stereocenters. The van der Waals surface area contributed by atoms with Gasteiger partial charge in [0.15, 0.2) is 10.6 Å². The average Bonchev–Trinajstić information content (AvgIpc) is 3.27. The number of furan rings is 1. The molecule has 0 saturated carbocycles. The summed E-state index contributed by atoms with van der Waals surface area (Å²) < 4.78 is 7.59. The molecule has 27 heavy (non-hydrogen) atoms. The van der Waals surface area contributed by atoms with E-state index in [1.807, 2.05) is 62.3 Å². The maximum absolute atomic E-state index is 12.5. The lowest BCUT2D eigenvalue weighted by molar-refractivity contribution is -0.121. The van der Waals surface area contributed by atoms with E-state index in [9.17, 15) is 4.79 Å². The molecule has 2 heterocycles. The van der Waals surface area contributed by atoms with Crippen LogP contribution in [0.4, 0.5) is 0 Å². The zero-order valence-corrected chi connectivity index (χ0v) is 16.4. The predicted octanol–water partition coefficient (Wildman–Crippen LogP) is 2.93. The highest BCUT2D eigenvalue weighted by Crippen LogP contribution is 2.19. The summed E-state index contributed by atoms with van der Waals surface area (Å²) in [4.78, 5) is 14.5. The highest BCUT2D eigenvalue weighted by Gasteiger charge is 2.19. The van der Waals surface area contributed by atoms with Crippen LogP contribution in [0.2, 0.25) is 0 Å². The Hall–Kier alpha value is -2.71. The van der Waals surface area contributed by atoms with Crippen molar-refractivity contribution >= 4 is 18.1 Å². The number of benzene rings is 1. The van der Waals surface area contributed by atoms with Crippen LogP contribution in [-0.4, -0.2) is 46.2 Å². The van der Waals surface area contributed by atoms with Gasteiger partial charge < -0.3 is 9.73 Å². The molecule has 7 nitrogen and oxygen atoms in total. The number of amides is 1. The number of hydrogen-bond acceptors (Lipinski definition) is 5. The minimum atomic E-state index is -0.140. The highest BCUT2D eigenvalue weighted by molar-refractivity contribution is 7.71. The smallest absolute Gasteiger partial charge is 0.240 e. The molecular weight excluding hydrogens is 362 g/mol. The van der Waals surface area contributed by atoms with Crippen LogP contribution in [-0.2, 0) is 11.3 Å². The number of likely N-dealkylation sites (N-methyl/N-ethyl adjacent to an activating group) is 1. The molecular formula is C19H23N5O2S. The first-order valence-corrected chi connectivity index (χ1v) is 9.05. The largest absolute Gasteiger partial charge is 0.468 e. The van der Waals surface area contributed by atoms with Gasteiger partial charge in [-0.1, -0.05) is 29.8 Å². The molecule has 3 aromatic rings. The predicted molar refractivity (Wildman–Crippen MR) is 106 cm³/mol. The Morgan fingerprint density at radius 2 is 2.07 bits per heavy atom. The molecule has 1 aromatic carbocycles. The van der Waals surface area contributed by atoms with Crippen LogP contribution < -0.4 is 5.32 Å². The molecule has 0 aliphatic heterocycles. The van der Waals surface area contributed by atoms with Gasteiger partial charge in [0, 0.05) is 12.1 Å². The summed E-state index contributed by atoms with van der Waals surface area (Å²) in [7, 11) is 3.89. The van der Waals surface area contributed by atoms with E-state index in [2.05, 4.69) is 15.5 Å². The molecule has 2 aromatic heterocycles. The van der Waals surface area contributed by atoms with E-state index >= 15 is 0 Å². The fourth-order valence-corrected chi connectivity index (χ4v) is 3.01. The normalized spacial score (nSPS) is 12.3. The van der Waals surface area contributed by atoms with Gasteiger partial charge in [0.1, 0.15) is 12.3 Å². The molecule has 1 atom stereocenters. The van der Waals surface area contributed by atoms with Crippen molar-refractivity contribution in [2.75, 3.05) is 20.6 Å². The van der Waals surface area contributed by atoms with Crippen molar-refractivity contribution in [3.05, 3.63) is 58.8 Å². The topological polar surface area (TPSA) is 79.1 Å². The quantitative estimate of drug-likeness (QED) is 0.612. The number of hydrogen-bond donors (Lipinski definition) is 2. The van der Waals surface area contributed by atoms with Crippen LogP contribution in [0.3, 0.4) is 0 Å². The van der Waals surface area contributed by atoms with Gasteiger partial charge >= 0.3 is 0 Å². The Labute approximate surface area is 163 Å². The zero-order valence-electron chi connectivity index (χ0n) is 15.6. The number of aromatic amines is 1. The first-order chi connectivity index (χ1) is 13.0. The number of aryl methyl sites for hydroxylation is 1. The standard InChI is InChI=1S/C19H23N5O2S/c1-13-6-8-14(9-7-13)18-21-22-19(27)24(18)12-17(25)20-11-15(23(2)3)16-5-4-10-26-16/h4-10,15H,11-12H2,1-3H3,(H,20,25)(H,22,27). The van der Waals surface area contributed by atoms with Crippen molar-refractivity contribution in [3.8, 4) is 11.4 Å². The average molecular weight is 385 g/mol. The van der Waals surface area contributed by atoms with Crippen LogP contribution in [0.5, 0.6) is 0 Å². The maximum Gasteiger partial charge on any atom is 0.240 e. The Bertz CT molecular complexity index is 941. The molecule has 8 heteroatoms. The monoisotopic (exact) mass is 385 g/mol. The molecule has 0 aliphatic carbocycles. The lowest BCUT2D eigenvalue weighted by Gasteiger charge is -2.22. The summed E-state index contributed by atoms with van der Waals surface area (Å²) in [5.41, 5.74) is 2.06. The van der Waals surface area contributed by atoms with Gasteiger partial charge in [0.05, 0.1) is 12.3 Å². The van der Waals surface area contributed by atoms with Crippen LogP contribution in [0.1, 0.15) is 17.4 Å². The number of aromatic nitrogens is 3. The van der Waals surface area contributed by atoms with E-state index < -0.39 is 0 Å². The van der Waals surface area contributed by atoms with E-state index in [-0.39, 0.29) is 18.5 Å². The Kier molecular flexibility index (Phi) is 5.88. The van der Waals surface area contributed by atoms with Crippen LogP contribution in [0.25, 0.3) is 11.4 Å². The second-order valence-corrected chi connectivity index (χ2v) is 6.99. The fraction of sp³-hybridized carbons (Fsp3) is 0.316. The van der Waals surface area contributed by atoms with Crippen molar-refractivity contribution < 1.29 is 9.21 Å². The Morgan fingerprint density at radius 1 is 1.33 bits per heavy atom.